The van der Waals surface area contributed by atoms with Crippen LogP contribution in [-0.2, 0) is 16.4 Å². The molecule has 1 rings (SSSR count). The second-order valence-corrected chi connectivity index (χ2v) is 7.41. The molecule has 0 aromatic carbocycles. The van der Waals surface area contributed by atoms with E-state index in [4.69, 9.17) is 0 Å². The number of sulfone groups is 1. The normalized spacial score (nSPS) is 11.7. The van der Waals surface area contributed by atoms with Crippen LogP contribution >= 0.6 is 22.6 Å². The highest BCUT2D eigenvalue weighted by atomic mass is 127. The van der Waals surface area contributed by atoms with Gasteiger partial charge in [-0.1, -0.05) is 0 Å². The van der Waals surface area contributed by atoms with Crippen molar-refractivity contribution in [1.29, 1.82) is 0 Å². The fourth-order valence-corrected chi connectivity index (χ4v) is 2.33. The number of aromatic nitrogens is 2. The Bertz CT molecular complexity index is 568. The van der Waals surface area contributed by atoms with E-state index in [0.717, 1.165) is 0 Å². The van der Waals surface area contributed by atoms with Crippen molar-refractivity contribution in [1.82, 2.24) is 14.9 Å². The fraction of sp³-hybridized carbons (Fsp3) is 0.600. The second kappa shape index (κ2) is 6.62. The van der Waals surface area contributed by atoms with Crippen LogP contribution < -0.4 is 10.9 Å². The van der Waals surface area contributed by atoms with Crippen LogP contribution in [0.25, 0.3) is 0 Å². The van der Waals surface area contributed by atoms with Crippen LogP contribution in [0.5, 0.6) is 0 Å². The molecule has 1 aromatic rings. The summed E-state index contributed by atoms with van der Waals surface area (Å²) >= 11 is 1.95. The van der Waals surface area contributed by atoms with E-state index in [1.165, 1.54) is 6.26 Å². The van der Waals surface area contributed by atoms with Crippen LogP contribution in [0.15, 0.2) is 11.0 Å². The van der Waals surface area contributed by atoms with Gasteiger partial charge in [-0.25, -0.2) is 13.4 Å². The lowest BCUT2D eigenvalue weighted by Crippen LogP contribution is -2.32. The van der Waals surface area contributed by atoms with Gasteiger partial charge in [-0.2, -0.15) is 0 Å². The van der Waals surface area contributed by atoms with Gasteiger partial charge in [0.05, 0.1) is 9.32 Å². The van der Waals surface area contributed by atoms with Crippen LogP contribution in [-0.4, -0.2) is 43.1 Å². The van der Waals surface area contributed by atoms with Crippen LogP contribution in [0.2, 0.25) is 0 Å². The van der Waals surface area contributed by atoms with Crippen molar-refractivity contribution in [2.75, 3.05) is 25.1 Å². The highest BCUT2D eigenvalue weighted by Crippen LogP contribution is 1.96. The van der Waals surface area contributed by atoms with Gasteiger partial charge in [-0.05, 0) is 29.5 Å². The molecule has 6 nitrogen and oxygen atoms in total. The topological polar surface area (TPSA) is 81.1 Å². The Kier molecular flexibility index (Phi) is 5.73. The van der Waals surface area contributed by atoms with E-state index in [0.29, 0.717) is 29.0 Å². The zero-order valence-electron chi connectivity index (χ0n) is 10.3. The Morgan fingerprint density at radius 1 is 1.44 bits per heavy atom. The lowest BCUT2D eigenvalue weighted by molar-refractivity contribution is 0.567. The van der Waals surface area contributed by atoms with Crippen LogP contribution in [0.4, 0.5) is 0 Å². The third-order valence-corrected chi connectivity index (χ3v) is 4.05. The summed E-state index contributed by atoms with van der Waals surface area (Å²) in [7, 11) is -2.94. The molecule has 0 spiro atoms. The number of hydrogen-bond donors (Lipinski definition) is 1. The Labute approximate surface area is 120 Å². The molecule has 102 valence electrons. The highest BCUT2D eigenvalue weighted by molar-refractivity contribution is 14.1. The summed E-state index contributed by atoms with van der Waals surface area (Å²) < 4.78 is 24.0. The number of halogens is 1. The van der Waals surface area contributed by atoms with Crippen molar-refractivity contribution in [2.24, 2.45) is 0 Å². The van der Waals surface area contributed by atoms with Crippen LogP contribution in [0.1, 0.15) is 5.82 Å². The van der Waals surface area contributed by atoms with Gasteiger partial charge in [0, 0.05) is 32.1 Å². The molecule has 0 bridgehead atoms. The molecule has 0 radical (unpaired) electrons. The van der Waals surface area contributed by atoms with Crippen molar-refractivity contribution in [2.45, 2.75) is 13.5 Å². The van der Waals surface area contributed by atoms with Crippen molar-refractivity contribution >= 4 is 32.4 Å². The number of nitrogens with one attached hydrogen (secondary N) is 1. The highest BCUT2D eigenvalue weighted by Gasteiger charge is 2.05. The predicted molar refractivity (Wildman–Crippen MR) is 78.5 cm³/mol. The third kappa shape index (κ3) is 5.02. The van der Waals surface area contributed by atoms with Gasteiger partial charge in [-0.3, -0.25) is 9.36 Å². The molecule has 0 atom stereocenters. The van der Waals surface area contributed by atoms with E-state index >= 15 is 0 Å². The molecule has 1 heterocycles. The van der Waals surface area contributed by atoms with E-state index in [1.807, 2.05) is 22.6 Å². The molecule has 1 aromatic heterocycles. The SMILES string of the molecule is Cc1ncc(I)c(=O)n1CCNCCS(C)(=O)=O. The lowest BCUT2D eigenvalue weighted by Gasteiger charge is -2.09. The zero-order chi connectivity index (χ0) is 13.8. The summed E-state index contributed by atoms with van der Waals surface area (Å²) in [5.74, 6) is 0.760. The summed E-state index contributed by atoms with van der Waals surface area (Å²) in [4.78, 5) is 15.9. The summed E-state index contributed by atoms with van der Waals surface area (Å²) in [6, 6.07) is 0. The molecule has 0 aliphatic rings. The minimum atomic E-state index is -2.94. The number of aryl methyl sites for hydroxylation is 1. The molecule has 8 heteroatoms. The van der Waals surface area contributed by atoms with E-state index in [9.17, 15) is 13.2 Å². The Morgan fingerprint density at radius 2 is 2.11 bits per heavy atom. The molecule has 0 saturated carbocycles. The first-order valence-corrected chi connectivity index (χ1v) is 8.55. The minimum Gasteiger partial charge on any atom is -0.314 e. The monoisotopic (exact) mass is 385 g/mol. The smallest absolute Gasteiger partial charge is 0.266 e. The van der Waals surface area contributed by atoms with Gasteiger partial charge in [0.1, 0.15) is 15.7 Å². The first-order valence-electron chi connectivity index (χ1n) is 5.41. The van der Waals surface area contributed by atoms with E-state index in [-0.39, 0.29) is 11.3 Å². The Balaban J connectivity index is 2.50. The first kappa shape index (κ1) is 15.6. The molecule has 0 fully saturated rings. The van der Waals surface area contributed by atoms with Gasteiger partial charge in [0.25, 0.3) is 5.56 Å². The largest absolute Gasteiger partial charge is 0.314 e. The minimum absolute atomic E-state index is 0.0620. The number of nitrogens with zero attached hydrogens (tertiary/aromatic N) is 2. The molecular weight excluding hydrogens is 369 g/mol. The lowest BCUT2D eigenvalue weighted by atomic mass is 10.5. The first-order chi connectivity index (χ1) is 8.31. The second-order valence-electron chi connectivity index (χ2n) is 3.99. The summed E-state index contributed by atoms with van der Waals surface area (Å²) in [5.41, 5.74) is -0.0620. The fourth-order valence-electron chi connectivity index (χ4n) is 1.39. The number of hydrogen-bond acceptors (Lipinski definition) is 5. The maximum Gasteiger partial charge on any atom is 0.266 e. The van der Waals surface area contributed by atoms with Crippen molar-refractivity contribution in [3.63, 3.8) is 0 Å². The van der Waals surface area contributed by atoms with Crippen molar-refractivity contribution in [3.8, 4) is 0 Å². The Hall–Kier alpha value is -0.480. The van der Waals surface area contributed by atoms with Gasteiger partial charge in [-0.15, -0.1) is 0 Å². The average molecular weight is 385 g/mol. The molecule has 18 heavy (non-hydrogen) atoms. The summed E-state index contributed by atoms with van der Waals surface area (Å²) in [6.07, 6.45) is 2.75. The predicted octanol–water partition coefficient (Wildman–Crippen LogP) is -0.209. The summed E-state index contributed by atoms with van der Waals surface area (Å²) in [6.45, 7) is 3.19. The van der Waals surface area contributed by atoms with E-state index < -0.39 is 9.84 Å². The quantitative estimate of drug-likeness (QED) is 0.542. The van der Waals surface area contributed by atoms with Gasteiger partial charge >= 0.3 is 0 Å². The zero-order valence-corrected chi connectivity index (χ0v) is 13.3. The molecule has 1 N–H and O–H groups in total. The van der Waals surface area contributed by atoms with Gasteiger partial charge in [0.2, 0.25) is 0 Å². The van der Waals surface area contributed by atoms with E-state index in [2.05, 4.69) is 10.3 Å². The number of rotatable bonds is 6. The standard InChI is InChI=1S/C10H16IN3O3S/c1-8-13-7-9(11)10(15)14(8)5-3-12-4-6-18(2,16)17/h7,12H,3-6H2,1-2H3. The van der Waals surface area contributed by atoms with Crippen molar-refractivity contribution in [3.05, 3.63) is 25.9 Å². The van der Waals surface area contributed by atoms with Gasteiger partial charge < -0.3 is 5.32 Å². The van der Waals surface area contributed by atoms with Crippen LogP contribution in [0, 0.1) is 10.5 Å². The molecule has 0 aliphatic carbocycles. The molecule has 0 amide bonds. The molecule has 0 unspecified atom stereocenters. The van der Waals surface area contributed by atoms with Crippen LogP contribution in [0.3, 0.4) is 0 Å². The Morgan fingerprint density at radius 3 is 2.72 bits per heavy atom. The third-order valence-electron chi connectivity index (χ3n) is 2.37. The van der Waals surface area contributed by atoms with Crippen molar-refractivity contribution < 1.29 is 8.42 Å². The average Bonchev–Trinajstić information content (AvgIpc) is 2.26. The molecule has 0 aliphatic heterocycles. The molecule has 0 saturated heterocycles. The maximum atomic E-state index is 11.8. The van der Waals surface area contributed by atoms with E-state index in [1.54, 1.807) is 17.7 Å². The molecular formula is C10H16IN3O3S. The maximum absolute atomic E-state index is 11.8. The summed E-state index contributed by atoms with van der Waals surface area (Å²) in [5, 5.41) is 3.00. The van der Waals surface area contributed by atoms with Gasteiger partial charge in [0.15, 0.2) is 0 Å².